The number of nitrogens with zero attached hydrogens (tertiary/aromatic N) is 2. The van der Waals surface area contributed by atoms with Gasteiger partial charge >= 0.3 is 0 Å². The van der Waals surface area contributed by atoms with Gasteiger partial charge in [-0.1, -0.05) is 0 Å². The van der Waals surface area contributed by atoms with Crippen LogP contribution in [-0.4, -0.2) is 51.6 Å². The number of benzene rings is 2. The van der Waals surface area contributed by atoms with Crippen molar-refractivity contribution in [3.63, 3.8) is 0 Å². The summed E-state index contributed by atoms with van der Waals surface area (Å²) in [7, 11) is -2.30. The fourth-order valence-corrected chi connectivity index (χ4v) is 4.86. The molecule has 2 aromatic rings. The number of thioether (sulfide) groups is 1. The zero-order valence-electron chi connectivity index (χ0n) is 16.8. The first-order valence-corrected chi connectivity index (χ1v) is 12.3. The van der Waals surface area contributed by atoms with Crippen molar-refractivity contribution < 1.29 is 13.2 Å². The standard InChI is InChI=1S/C21H27N3O3S2/c1-23(29(26,27)20-12-10-19(28-2)11-13-20)16-21(25)22-17-6-8-18(9-7-17)24-14-4-3-5-15-24/h6-13H,3-5,14-16H2,1-2H3,(H,22,25). The van der Waals surface area contributed by atoms with Gasteiger partial charge in [0.25, 0.3) is 0 Å². The molecule has 1 amide bonds. The summed E-state index contributed by atoms with van der Waals surface area (Å²) in [6, 6.07) is 14.4. The van der Waals surface area contributed by atoms with Crippen molar-refractivity contribution in [2.45, 2.75) is 29.1 Å². The van der Waals surface area contributed by atoms with Crippen LogP contribution in [0.5, 0.6) is 0 Å². The van der Waals surface area contributed by atoms with E-state index < -0.39 is 10.0 Å². The van der Waals surface area contributed by atoms with Crippen LogP contribution in [0, 0.1) is 0 Å². The molecular weight excluding hydrogens is 406 g/mol. The number of rotatable bonds is 7. The van der Waals surface area contributed by atoms with Crippen LogP contribution in [0.1, 0.15) is 19.3 Å². The number of carbonyl (C=O) groups excluding carboxylic acids is 1. The molecule has 156 valence electrons. The van der Waals surface area contributed by atoms with Crippen LogP contribution in [0.2, 0.25) is 0 Å². The molecule has 0 spiro atoms. The Bertz CT molecular complexity index is 923. The molecule has 3 rings (SSSR count). The molecule has 0 radical (unpaired) electrons. The highest BCUT2D eigenvalue weighted by molar-refractivity contribution is 7.98. The molecule has 0 saturated carbocycles. The number of hydrogen-bond donors (Lipinski definition) is 1. The summed E-state index contributed by atoms with van der Waals surface area (Å²) < 4.78 is 26.4. The van der Waals surface area contributed by atoms with Crippen molar-refractivity contribution in [3.05, 3.63) is 48.5 Å². The number of anilines is 2. The predicted molar refractivity (Wildman–Crippen MR) is 119 cm³/mol. The third kappa shape index (κ3) is 5.52. The van der Waals surface area contributed by atoms with E-state index in [2.05, 4.69) is 10.2 Å². The number of nitrogens with one attached hydrogen (secondary N) is 1. The van der Waals surface area contributed by atoms with Gasteiger partial charge in [-0.15, -0.1) is 11.8 Å². The predicted octanol–water partition coefficient (Wildman–Crippen LogP) is 3.66. The molecule has 1 aliphatic heterocycles. The third-order valence-corrected chi connectivity index (χ3v) is 7.57. The fraction of sp³-hybridized carbons (Fsp3) is 0.381. The lowest BCUT2D eigenvalue weighted by atomic mass is 10.1. The van der Waals surface area contributed by atoms with E-state index in [1.54, 1.807) is 36.0 Å². The molecule has 1 fully saturated rings. The lowest BCUT2D eigenvalue weighted by Gasteiger charge is -2.28. The number of hydrogen-bond acceptors (Lipinski definition) is 5. The highest BCUT2D eigenvalue weighted by Crippen LogP contribution is 2.22. The molecule has 8 heteroatoms. The van der Waals surface area contributed by atoms with Crippen LogP contribution < -0.4 is 10.2 Å². The Morgan fingerprint density at radius 1 is 1.03 bits per heavy atom. The van der Waals surface area contributed by atoms with Gasteiger partial charge in [0.15, 0.2) is 0 Å². The van der Waals surface area contributed by atoms with E-state index in [1.165, 1.54) is 26.3 Å². The first-order chi connectivity index (χ1) is 13.9. The summed E-state index contributed by atoms with van der Waals surface area (Å²) in [6.45, 7) is 1.87. The Morgan fingerprint density at radius 2 is 1.66 bits per heavy atom. The fourth-order valence-electron chi connectivity index (χ4n) is 3.32. The Morgan fingerprint density at radius 3 is 2.24 bits per heavy atom. The van der Waals surface area contributed by atoms with Gasteiger partial charge in [0.05, 0.1) is 11.4 Å². The number of amides is 1. The van der Waals surface area contributed by atoms with Crippen molar-refractivity contribution in [1.82, 2.24) is 4.31 Å². The first-order valence-electron chi connectivity index (χ1n) is 9.65. The van der Waals surface area contributed by atoms with Gasteiger partial charge in [-0.2, -0.15) is 4.31 Å². The molecule has 1 N–H and O–H groups in total. The quantitative estimate of drug-likeness (QED) is 0.675. The van der Waals surface area contributed by atoms with Gasteiger partial charge in [-0.3, -0.25) is 4.79 Å². The smallest absolute Gasteiger partial charge is 0.243 e. The minimum Gasteiger partial charge on any atom is -0.372 e. The van der Waals surface area contributed by atoms with Crippen LogP contribution in [0.4, 0.5) is 11.4 Å². The van der Waals surface area contributed by atoms with E-state index in [9.17, 15) is 13.2 Å². The molecule has 0 bridgehead atoms. The van der Waals surface area contributed by atoms with E-state index in [1.807, 2.05) is 30.5 Å². The average molecular weight is 434 g/mol. The van der Waals surface area contributed by atoms with Crippen LogP contribution in [0.15, 0.2) is 58.3 Å². The third-order valence-electron chi connectivity index (χ3n) is 5.01. The second kappa shape index (κ2) is 9.65. The van der Waals surface area contributed by atoms with E-state index in [-0.39, 0.29) is 17.3 Å². The van der Waals surface area contributed by atoms with Gasteiger partial charge in [0.1, 0.15) is 0 Å². The SMILES string of the molecule is CSc1ccc(S(=O)(=O)N(C)CC(=O)Nc2ccc(N3CCCCC3)cc2)cc1. The highest BCUT2D eigenvalue weighted by atomic mass is 32.2. The number of likely N-dealkylation sites (N-methyl/N-ethyl adjacent to an activating group) is 1. The number of piperidine rings is 1. The van der Waals surface area contributed by atoms with Crippen LogP contribution in [0.25, 0.3) is 0 Å². The van der Waals surface area contributed by atoms with E-state index >= 15 is 0 Å². The Hall–Kier alpha value is -2.03. The second-order valence-electron chi connectivity index (χ2n) is 7.08. The zero-order chi connectivity index (χ0) is 20.9. The Balaban J connectivity index is 1.59. The molecule has 29 heavy (non-hydrogen) atoms. The molecule has 0 atom stereocenters. The van der Waals surface area contributed by atoms with Crippen molar-refractivity contribution in [2.75, 3.05) is 43.2 Å². The minimum atomic E-state index is -3.72. The lowest BCUT2D eigenvalue weighted by molar-refractivity contribution is -0.116. The van der Waals surface area contributed by atoms with E-state index in [0.29, 0.717) is 5.69 Å². The Labute approximate surface area is 177 Å². The monoisotopic (exact) mass is 433 g/mol. The van der Waals surface area contributed by atoms with Crippen LogP contribution >= 0.6 is 11.8 Å². The van der Waals surface area contributed by atoms with Gasteiger partial charge in [-0.05, 0) is 74.0 Å². The molecule has 2 aromatic carbocycles. The summed E-state index contributed by atoms with van der Waals surface area (Å²) >= 11 is 1.54. The van der Waals surface area contributed by atoms with Crippen molar-refractivity contribution in [2.24, 2.45) is 0 Å². The maximum atomic E-state index is 12.7. The molecule has 0 unspecified atom stereocenters. The Kier molecular flexibility index (Phi) is 7.21. The normalized spacial score (nSPS) is 14.8. The number of carbonyl (C=O) groups is 1. The molecule has 1 aliphatic rings. The minimum absolute atomic E-state index is 0.177. The van der Waals surface area contributed by atoms with Crippen molar-refractivity contribution >= 4 is 39.1 Å². The molecule has 0 aliphatic carbocycles. The van der Waals surface area contributed by atoms with Crippen LogP contribution in [-0.2, 0) is 14.8 Å². The molecule has 1 saturated heterocycles. The lowest BCUT2D eigenvalue weighted by Crippen LogP contribution is -2.35. The summed E-state index contributed by atoms with van der Waals surface area (Å²) in [6.07, 6.45) is 5.63. The average Bonchev–Trinajstić information content (AvgIpc) is 2.74. The van der Waals surface area contributed by atoms with Gasteiger partial charge in [0, 0.05) is 36.4 Å². The van der Waals surface area contributed by atoms with E-state index in [4.69, 9.17) is 0 Å². The van der Waals surface area contributed by atoms with Gasteiger partial charge in [0.2, 0.25) is 15.9 Å². The first kappa shape index (κ1) is 21.7. The second-order valence-corrected chi connectivity index (χ2v) is 10.0. The zero-order valence-corrected chi connectivity index (χ0v) is 18.4. The van der Waals surface area contributed by atoms with E-state index in [0.717, 1.165) is 28.0 Å². The van der Waals surface area contributed by atoms with Gasteiger partial charge in [-0.25, -0.2) is 8.42 Å². The summed E-state index contributed by atoms with van der Waals surface area (Å²) in [4.78, 5) is 15.9. The maximum Gasteiger partial charge on any atom is 0.243 e. The van der Waals surface area contributed by atoms with Crippen molar-refractivity contribution in [1.29, 1.82) is 0 Å². The van der Waals surface area contributed by atoms with Crippen LogP contribution in [0.3, 0.4) is 0 Å². The molecular formula is C21H27N3O3S2. The topological polar surface area (TPSA) is 69.7 Å². The van der Waals surface area contributed by atoms with Gasteiger partial charge < -0.3 is 10.2 Å². The number of sulfonamides is 1. The largest absolute Gasteiger partial charge is 0.372 e. The summed E-state index contributed by atoms with van der Waals surface area (Å²) in [5, 5.41) is 2.78. The summed E-state index contributed by atoms with van der Waals surface area (Å²) in [5.74, 6) is -0.373. The summed E-state index contributed by atoms with van der Waals surface area (Å²) in [5.41, 5.74) is 1.81. The molecule has 0 aromatic heterocycles. The maximum absolute atomic E-state index is 12.7. The highest BCUT2D eigenvalue weighted by Gasteiger charge is 2.23. The molecule has 6 nitrogen and oxygen atoms in total. The van der Waals surface area contributed by atoms with Crippen molar-refractivity contribution in [3.8, 4) is 0 Å². The molecule has 1 heterocycles.